The average Bonchev–Trinajstić information content (AvgIpc) is 2.37. The van der Waals surface area contributed by atoms with E-state index >= 15 is 0 Å². The average molecular weight is 266 g/mol. The van der Waals surface area contributed by atoms with E-state index in [0.29, 0.717) is 0 Å². The SMILES string of the molecule is CCCN(CCCSCC)Cc1ccc(N)cc1. The highest BCUT2D eigenvalue weighted by Gasteiger charge is 2.04. The maximum absolute atomic E-state index is 5.71. The third-order valence-corrected chi connectivity index (χ3v) is 3.88. The van der Waals surface area contributed by atoms with Gasteiger partial charge >= 0.3 is 0 Å². The molecule has 1 aromatic rings. The van der Waals surface area contributed by atoms with Crippen LogP contribution in [0.4, 0.5) is 5.69 Å². The lowest BCUT2D eigenvalue weighted by molar-refractivity contribution is 0.267. The van der Waals surface area contributed by atoms with Gasteiger partial charge in [0, 0.05) is 12.2 Å². The monoisotopic (exact) mass is 266 g/mol. The van der Waals surface area contributed by atoms with Crippen LogP contribution in [0.15, 0.2) is 24.3 Å². The molecule has 0 aromatic heterocycles. The molecule has 0 aliphatic rings. The Balaban J connectivity index is 2.38. The zero-order chi connectivity index (χ0) is 13.2. The summed E-state index contributed by atoms with van der Waals surface area (Å²) in [6.07, 6.45) is 2.50. The van der Waals surface area contributed by atoms with Gasteiger partial charge in [0.15, 0.2) is 0 Å². The van der Waals surface area contributed by atoms with Crippen LogP contribution in [0.5, 0.6) is 0 Å². The summed E-state index contributed by atoms with van der Waals surface area (Å²) in [6, 6.07) is 8.26. The van der Waals surface area contributed by atoms with Crippen LogP contribution in [0, 0.1) is 0 Å². The molecule has 0 aliphatic carbocycles. The number of nitrogen functional groups attached to an aromatic ring is 1. The highest BCUT2D eigenvalue weighted by atomic mass is 32.2. The lowest BCUT2D eigenvalue weighted by Gasteiger charge is -2.21. The number of anilines is 1. The molecule has 2 nitrogen and oxygen atoms in total. The van der Waals surface area contributed by atoms with Crippen molar-refractivity contribution in [3.8, 4) is 0 Å². The van der Waals surface area contributed by atoms with Crippen LogP contribution in [0.25, 0.3) is 0 Å². The molecule has 0 radical (unpaired) electrons. The van der Waals surface area contributed by atoms with E-state index in [-0.39, 0.29) is 0 Å². The van der Waals surface area contributed by atoms with E-state index < -0.39 is 0 Å². The van der Waals surface area contributed by atoms with E-state index in [2.05, 4.69) is 30.9 Å². The molecular formula is C15H26N2S. The fourth-order valence-electron chi connectivity index (χ4n) is 2.00. The molecule has 102 valence electrons. The third kappa shape index (κ3) is 6.31. The van der Waals surface area contributed by atoms with E-state index in [0.717, 1.165) is 12.2 Å². The van der Waals surface area contributed by atoms with Gasteiger partial charge in [-0.05, 0) is 55.1 Å². The van der Waals surface area contributed by atoms with Crippen LogP contribution < -0.4 is 5.73 Å². The Morgan fingerprint density at radius 2 is 1.83 bits per heavy atom. The van der Waals surface area contributed by atoms with Gasteiger partial charge in [0.2, 0.25) is 0 Å². The van der Waals surface area contributed by atoms with Gasteiger partial charge in [-0.1, -0.05) is 26.0 Å². The van der Waals surface area contributed by atoms with Crippen LogP contribution in [0.1, 0.15) is 32.3 Å². The van der Waals surface area contributed by atoms with Crippen molar-refractivity contribution in [2.24, 2.45) is 0 Å². The lowest BCUT2D eigenvalue weighted by atomic mass is 10.2. The van der Waals surface area contributed by atoms with Gasteiger partial charge in [0.25, 0.3) is 0 Å². The lowest BCUT2D eigenvalue weighted by Crippen LogP contribution is -2.25. The first-order valence-corrected chi connectivity index (χ1v) is 8.06. The summed E-state index contributed by atoms with van der Waals surface area (Å²) in [4.78, 5) is 2.54. The van der Waals surface area contributed by atoms with Gasteiger partial charge in [-0.2, -0.15) is 11.8 Å². The zero-order valence-corrected chi connectivity index (χ0v) is 12.5. The molecule has 0 saturated heterocycles. The van der Waals surface area contributed by atoms with Crippen LogP contribution in [-0.4, -0.2) is 29.5 Å². The van der Waals surface area contributed by atoms with Crippen molar-refractivity contribution in [1.29, 1.82) is 0 Å². The molecule has 0 saturated carbocycles. The first-order chi connectivity index (χ1) is 8.76. The number of hydrogen-bond acceptors (Lipinski definition) is 3. The molecule has 0 aliphatic heterocycles. The summed E-state index contributed by atoms with van der Waals surface area (Å²) in [7, 11) is 0. The van der Waals surface area contributed by atoms with Crippen molar-refractivity contribution >= 4 is 17.4 Å². The van der Waals surface area contributed by atoms with E-state index in [4.69, 9.17) is 5.73 Å². The summed E-state index contributed by atoms with van der Waals surface area (Å²) < 4.78 is 0. The van der Waals surface area contributed by atoms with E-state index in [1.165, 1.54) is 43.0 Å². The summed E-state index contributed by atoms with van der Waals surface area (Å²) in [5, 5.41) is 0. The van der Waals surface area contributed by atoms with Crippen LogP contribution in [-0.2, 0) is 6.54 Å². The van der Waals surface area contributed by atoms with Crippen LogP contribution >= 0.6 is 11.8 Å². The Labute approximate surface area is 116 Å². The molecule has 0 amide bonds. The Bertz CT molecular complexity index is 311. The van der Waals surface area contributed by atoms with Crippen LogP contribution in [0.3, 0.4) is 0 Å². The van der Waals surface area contributed by atoms with Crippen LogP contribution in [0.2, 0.25) is 0 Å². The predicted octanol–water partition coefficient (Wildman–Crippen LogP) is 3.62. The maximum atomic E-state index is 5.71. The van der Waals surface area contributed by atoms with Crippen molar-refractivity contribution < 1.29 is 0 Å². The van der Waals surface area contributed by atoms with Gasteiger partial charge in [-0.3, -0.25) is 4.90 Å². The summed E-state index contributed by atoms with van der Waals surface area (Å²) in [5.74, 6) is 2.50. The van der Waals surface area contributed by atoms with E-state index in [1.807, 2.05) is 23.9 Å². The Morgan fingerprint density at radius 1 is 1.11 bits per heavy atom. The van der Waals surface area contributed by atoms with Gasteiger partial charge in [0.1, 0.15) is 0 Å². The fraction of sp³-hybridized carbons (Fsp3) is 0.600. The molecule has 3 heteroatoms. The topological polar surface area (TPSA) is 29.3 Å². The minimum atomic E-state index is 0.847. The normalized spacial score (nSPS) is 11.1. The summed E-state index contributed by atoms with van der Waals surface area (Å²) in [6.45, 7) is 7.90. The largest absolute Gasteiger partial charge is 0.399 e. The highest BCUT2D eigenvalue weighted by Crippen LogP contribution is 2.10. The molecule has 2 N–H and O–H groups in total. The fourth-order valence-corrected chi connectivity index (χ4v) is 2.62. The predicted molar refractivity (Wildman–Crippen MR) is 84.0 cm³/mol. The number of hydrogen-bond donors (Lipinski definition) is 1. The number of nitrogens with zero attached hydrogens (tertiary/aromatic N) is 1. The first-order valence-electron chi connectivity index (χ1n) is 6.90. The minimum Gasteiger partial charge on any atom is -0.399 e. The highest BCUT2D eigenvalue weighted by molar-refractivity contribution is 7.99. The van der Waals surface area contributed by atoms with Gasteiger partial charge in [0.05, 0.1) is 0 Å². The zero-order valence-electron chi connectivity index (χ0n) is 11.7. The van der Waals surface area contributed by atoms with Gasteiger partial charge < -0.3 is 5.73 Å². The second-order valence-corrected chi connectivity index (χ2v) is 5.96. The van der Waals surface area contributed by atoms with Crippen molar-refractivity contribution in [2.75, 3.05) is 30.3 Å². The van der Waals surface area contributed by atoms with Gasteiger partial charge in [-0.15, -0.1) is 0 Å². The number of thioether (sulfide) groups is 1. The van der Waals surface area contributed by atoms with Crippen molar-refractivity contribution in [1.82, 2.24) is 4.90 Å². The van der Waals surface area contributed by atoms with Crippen molar-refractivity contribution in [3.05, 3.63) is 29.8 Å². The standard InChI is InChI=1S/C15H26N2S/c1-3-10-17(11-5-12-18-4-2)13-14-6-8-15(16)9-7-14/h6-9H,3-5,10-13,16H2,1-2H3. The van der Waals surface area contributed by atoms with Crippen molar-refractivity contribution in [3.63, 3.8) is 0 Å². The van der Waals surface area contributed by atoms with Gasteiger partial charge in [-0.25, -0.2) is 0 Å². The van der Waals surface area contributed by atoms with E-state index in [1.54, 1.807) is 0 Å². The maximum Gasteiger partial charge on any atom is 0.0314 e. The smallest absolute Gasteiger partial charge is 0.0314 e. The molecule has 18 heavy (non-hydrogen) atoms. The van der Waals surface area contributed by atoms with E-state index in [9.17, 15) is 0 Å². The molecule has 0 fully saturated rings. The first kappa shape index (κ1) is 15.4. The summed E-state index contributed by atoms with van der Waals surface area (Å²) >= 11 is 2.03. The molecule has 0 atom stereocenters. The number of benzene rings is 1. The Kier molecular flexibility index (Phi) is 7.94. The molecular weight excluding hydrogens is 240 g/mol. The quantitative estimate of drug-likeness (QED) is 0.547. The molecule has 1 rings (SSSR count). The molecule has 0 unspecified atom stereocenters. The molecule has 0 bridgehead atoms. The number of rotatable bonds is 9. The third-order valence-electron chi connectivity index (χ3n) is 2.89. The molecule has 0 spiro atoms. The Morgan fingerprint density at radius 3 is 2.44 bits per heavy atom. The minimum absolute atomic E-state index is 0.847. The van der Waals surface area contributed by atoms with Crippen molar-refractivity contribution in [2.45, 2.75) is 33.2 Å². The molecule has 1 aromatic carbocycles. The second-order valence-electron chi connectivity index (χ2n) is 4.57. The Hall–Kier alpha value is -0.670. The molecule has 0 heterocycles. The summed E-state index contributed by atoms with van der Waals surface area (Å²) in [5.41, 5.74) is 7.92. The number of nitrogens with two attached hydrogens (primary N) is 1. The second kappa shape index (κ2) is 9.29.